The average Bonchev–Trinajstić information content (AvgIpc) is 3.14. The largest absolute Gasteiger partial charge is 0.455 e. The Bertz CT molecular complexity index is 902. The van der Waals surface area contributed by atoms with Gasteiger partial charge < -0.3 is 10.2 Å². The number of hydrogen-bond acceptors (Lipinski definition) is 8. The number of non-ortho nitro benzene ring substituents is 1. The predicted octanol–water partition coefficient (Wildman–Crippen LogP) is 1.96. The summed E-state index contributed by atoms with van der Waals surface area (Å²) in [6.45, 7) is 0. The van der Waals surface area contributed by atoms with Gasteiger partial charge in [-0.3, -0.25) is 10.1 Å². The zero-order valence-electron chi connectivity index (χ0n) is 11.3. The van der Waals surface area contributed by atoms with Crippen LogP contribution in [-0.2, 0) is 0 Å². The Kier molecular flexibility index (Phi) is 3.73. The Morgan fingerprint density at radius 2 is 2.22 bits per heavy atom. The van der Waals surface area contributed by atoms with E-state index in [1.807, 2.05) is 0 Å². The summed E-state index contributed by atoms with van der Waals surface area (Å²) in [5, 5.41) is 25.4. The number of nitrogen functional groups attached to an aromatic ring is 1. The fourth-order valence-corrected chi connectivity index (χ4v) is 1.98. The SMILES string of the molecule is Nc1nnnn1/N=C\c1ccc(-c2cc([N+](=O)[O-])ccc2Cl)o1. The van der Waals surface area contributed by atoms with E-state index in [1.165, 1.54) is 24.4 Å². The summed E-state index contributed by atoms with van der Waals surface area (Å²) >= 11 is 6.06. The number of rotatable bonds is 4. The van der Waals surface area contributed by atoms with Crippen molar-refractivity contribution in [1.29, 1.82) is 0 Å². The number of nitrogens with zero attached hydrogens (tertiary/aromatic N) is 6. The number of benzene rings is 1. The van der Waals surface area contributed by atoms with E-state index in [4.69, 9.17) is 21.8 Å². The summed E-state index contributed by atoms with van der Waals surface area (Å²) in [7, 11) is 0. The summed E-state index contributed by atoms with van der Waals surface area (Å²) in [4.78, 5) is 11.4. The van der Waals surface area contributed by atoms with Crippen LogP contribution < -0.4 is 5.73 Å². The van der Waals surface area contributed by atoms with Gasteiger partial charge in [0.2, 0.25) is 0 Å². The van der Waals surface area contributed by atoms with Gasteiger partial charge in [-0.25, -0.2) is 0 Å². The molecule has 0 saturated carbocycles. The molecule has 0 amide bonds. The first-order valence-electron chi connectivity index (χ1n) is 6.17. The van der Waals surface area contributed by atoms with Gasteiger partial charge >= 0.3 is 0 Å². The van der Waals surface area contributed by atoms with Crippen molar-refractivity contribution in [2.45, 2.75) is 0 Å². The number of halogens is 1. The quantitative estimate of drug-likeness (QED) is 0.437. The fraction of sp³-hybridized carbons (Fsp3) is 0. The highest BCUT2D eigenvalue weighted by atomic mass is 35.5. The first kappa shape index (κ1) is 14.7. The number of furan rings is 1. The topological polar surface area (TPSA) is 138 Å². The highest BCUT2D eigenvalue weighted by molar-refractivity contribution is 6.33. The Balaban J connectivity index is 1.90. The molecule has 1 aromatic carbocycles. The zero-order valence-corrected chi connectivity index (χ0v) is 12.1. The van der Waals surface area contributed by atoms with Gasteiger partial charge in [-0.1, -0.05) is 21.5 Å². The molecule has 0 aliphatic carbocycles. The van der Waals surface area contributed by atoms with Crippen LogP contribution in [-0.4, -0.2) is 31.5 Å². The van der Waals surface area contributed by atoms with Crippen LogP contribution in [0.4, 0.5) is 11.6 Å². The summed E-state index contributed by atoms with van der Waals surface area (Å²) in [5.41, 5.74) is 5.79. The van der Waals surface area contributed by atoms with Gasteiger partial charge in [0.05, 0.1) is 16.2 Å². The maximum atomic E-state index is 10.8. The summed E-state index contributed by atoms with van der Waals surface area (Å²) in [6.07, 6.45) is 1.35. The van der Waals surface area contributed by atoms with E-state index in [0.717, 1.165) is 4.79 Å². The normalized spacial score (nSPS) is 11.2. The second-order valence-corrected chi connectivity index (χ2v) is 4.70. The number of hydrogen-bond donors (Lipinski definition) is 1. The van der Waals surface area contributed by atoms with E-state index in [-0.39, 0.29) is 11.6 Å². The molecule has 11 heteroatoms. The number of anilines is 1. The summed E-state index contributed by atoms with van der Waals surface area (Å²) in [6, 6.07) is 7.33. The third-order valence-electron chi connectivity index (χ3n) is 2.82. The minimum Gasteiger partial charge on any atom is -0.455 e. The van der Waals surface area contributed by atoms with Gasteiger partial charge in [0.25, 0.3) is 11.6 Å². The molecule has 3 rings (SSSR count). The molecule has 2 N–H and O–H groups in total. The lowest BCUT2D eigenvalue weighted by molar-refractivity contribution is -0.384. The number of nitro groups is 1. The number of aromatic nitrogens is 4. The lowest BCUT2D eigenvalue weighted by Crippen LogP contribution is -1.99. The second kappa shape index (κ2) is 5.85. The Hall–Kier alpha value is -3.27. The van der Waals surface area contributed by atoms with Crippen LogP contribution in [0.1, 0.15) is 5.76 Å². The molecular weight excluding hydrogens is 326 g/mol. The highest BCUT2D eigenvalue weighted by Gasteiger charge is 2.14. The number of nitro benzene ring substituents is 1. The zero-order chi connectivity index (χ0) is 16.4. The molecule has 0 atom stereocenters. The van der Waals surface area contributed by atoms with Crippen molar-refractivity contribution in [3.05, 3.63) is 51.2 Å². The first-order chi connectivity index (χ1) is 11.0. The van der Waals surface area contributed by atoms with E-state index in [2.05, 4.69) is 20.6 Å². The summed E-state index contributed by atoms with van der Waals surface area (Å²) < 4.78 is 5.54. The molecule has 0 aliphatic heterocycles. The molecule has 3 aromatic rings. The van der Waals surface area contributed by atoms with Gasteiger partial charge in [-0.15, -0.1) is 0 Å². The van der Waals surface area contributed by atoms with Crippen LogP contribution in [0.25, 0.3) is 11.3 Å². The first-order valence-corrected chi connectivity index (χ1v) is 6.55. The highest BCUT2D eigenvalue weighted by Crippen LogP contribution is 2.32. The van der Waals surface area contributed by atoms with Gasteiger partial charge in [0, 0.05) is 17.7 Å². The maximum Gasteiger partial charge on any atom is 0.270 e. The van der Waals surface area contributed by atoms with Crippen molar-refractivity contribution in [3.8, 4) is 11.3 Å². The van der Waals surface area contributed by atoms with Gasteiger partial charge in [0.15, 0.2) is 0 Å². The van der Waals surface area contributed by atoms with Crippen LogP contribution in [0.2, 0.25) is 5.02 Å². The standard InChI is InChI=1S/C12H8ClN7O3/c13-10-3-1-7(20(21)22)5-9(10)11-4-2-8(23-11)6-15-19-12(14)16-17-18-19/h1-6H,(H2,14,16,18)/b15-6-. The molecule has 0 aliphatic rings. The van der Waals surface area contributed by atoms with Crippen LogP contribution in [0.5, 0.6) is 0 Å². The minimum atomic E-state index is -0.508. The third-order valence-corrected chi connectivity index (χ3v) is 3.15. The van der Waals surface area contributed by atoms with Crippen molar-refractivity contribution >= 4 is 29.5 Å². The van der Waals surface area contributed by atoms with Gasteiger partial charge in [-0.2, -0.15) is 5.10 Å². The molecule has 116 valence electrons. The van der Waals surface area contributed by atoms with E-state index < -0.39 is 4.92 Å². The fourth-order valence-electron chi connectivity index (χ4n) is 1.77. The van der Waals surface area contributed by atoms with Crippen LogP contribution in [0.15, 0.2) is 39.9 Å². The lowest BCUT2D eigenvalue weighted by atomic mass is 10.1. The number of nitrogens with two attached hydrogens (primary N) is 1. The van der Waals surface area contributed by atoms with Crippen molar-refractivity contribution in [3.63, 3.8) is 0 Å². The van der Waals surface area contributed by atoms with E-state index >= 15 is 0 Å². The molecule has 23 heavy (non-hydrogen) atoms. The second-order valence-electron chi connectivity index (χ2n) is 4.29. The number of tetrazole rings is 1. The molecule has 0 radical (unpaired) electrons. The Labute approximate surface area is 133 Å². The monoisotopic (exact) mass is 333 g/mol. The van der Waals surface area contributed by atoms with Crippen LogP contribution in [0.3, 0.4) is 0 Å². The smallest absolute Gasteiger partial charge is 0.270 e. The van der Waals surface area contributed by atoms with Crippen molar-refractivity contribution in [2.75, 3.05) is 5.73 Å². The predicted molar refractivity (Wildman–Crippen MR) is 81.0 cm³/mol. The minimum absolute atomic E-state index is 0.0229. The lowest BCUT2D eigenvalue weighted by Gasteiger charge is -2.00. The van der Waals surface area contributed by atoms with E-state index in [9.17, 15) is 10.1 Å². The van der Waals surface area contributed by atoms with Crippen molar-refractivity contribution < 1.29 is 9.34 Å². The van der Waals surface area contributed by atoms with E-state index in [1.54, 1.807) is 12.1 Å². The van der Waals surface area contributed by atoms with Gasteiger partial charge in [-0.05, 0) is 28.6 Å². The maximum absolute atomic E-state index is 10.8. The van der Waals surface area contributed by atoms with Gasteiger partial charge in [0.1, 0.15) is 11.5 Å². The molecule has 0 saturated heterocycles. The average molecular weight is 334 g/mol. The molecule has 10 nitrogen and oxygen atoms in total. The van der Waals surface area contributed by atoms with E-state index in [0.29, 0.717) is 22.1 Å². The summed E-state index contributed by atoms with van der Waals surface area (Å²) in [5.74, 6) is 0.761. The molecule has 0 unspecified atom stereocenters. The molecule has 2 heterocycles. The van der Waals surface area contributed by atoms with Crippen LogP contribution in [0, 0.1) is 10.1 Å². The van der Waals surface area contributed by atoms with Crippen LogP contribution >= 0.6 is 11.6 Å². The molecular formula is C12H8ClN7O3. The third kappa shape index (κ3) is 3.01. The molecule has 0 spiro atoms. The molecule has 0 fully saturated rings. The van der Waals surface area contributed by atoms with Crippen molar-refractivity contribution in [1.82, 2.24) is 20.3 Å². The molecule has 0 bridgehead atoms. The Morgan fingerprint density at radius 3 is 2.91 bits per heavy atom. The molecule has 2 aromatic heterocycles. The Morgan fingerprint density at radius 1 is 1.39 bits per heavy atom. The van der Waals surface area contributed by atoms with Crippen molar-refractivity contribution in [2.24, 2.45) is 5.10 Å².